The van der Waals surface area contributed by atoms with Gasteiger partial charge in [0.25, 0.3) is 6.49 Å². The van der Waals surface area contributed by atoms with E-state index in [9.17, 15) is 15.0 Å². The minimum Gasteiger partial charge on any atom is -0.462 e. The number of nitrogen functional groups attached to an aromatic ring is 1. The summed E-state index contributed by atoms with van der Waals surface area (Å²) >= 11 is 5.96. The van der Waals surface area contributed by atoms with Gasteiger partial charge in [0, 0.05) is 5.39 Å². The Hall–Kier alpha value is -3.23. The molecule has 5 N–H and O–H groups in total. The molecule has 3 heterocycles. The first-order chi connectivity index (χ1) is 20.4. The van der Waals surface area contributed by atoms with Crippen molar-refractivity contribution in [1.82, 2.24) is 24.8 Å². The number of nitrogens with one attached hydrogen (secondary N) is 1. The van der Waals surface area contributed by atoms with E-state index in [0.29, 0.717) is 16.9 Å². The van der Waals surface area contributed by atoms with Crippen LogP contribution >= 0.6 is 6.49 Å². The highest BCUT2D eigenvalue weighted by atomic mass is 32.5. The molecule has 1 aliphatic rings. The topological polar surface area (TPSA) is 176 Å². The lowest BCUT2D eigenvalue weighted by Gasteiger charge is -2.28. The molecule has 6 atom stereocenters. The van der Waals surface area contributed by atoms with Crippen molar-refractivity contribution in [3.05, 3.63) is 55.1 Å². The summed E-state index contributed by atoms with van der Waals surface area (Å²) in [7, 11) is 0. The molecule has 0 spiro atoms. The average molecular weight is 631 g/mol. The van der Waals surface area contributed by atoms with Crippen molar-refractivity contribution >= 4 is 52.0 Å². The zero-order valence-electron chi connectivity index (χ0n) is 24.2. The number of anilines is 1. The second kappa shape index (κ2) is 12.4. The number of carbonyl (C=O) groups is 1. The molecular formula is C28H35N6O7PS. The highest BCUT2D eigenvalue weighted by molar-refractivity contribution is 8.10. The Kier molecular flexibility index (Phi) is 9.00. The third-order valence-corrected chi connectivity index (χ3v) is 9.63. The van der Waals surface area contributed by atoms with E-state index in [1.54, 1.807) is 26.8 Å². The largest absolute Gasteiger partial charge is 0.462 e. The van der Waals surface area contributed by atoms with E-state index in [0.717, 1.165) is 10.8 Å². The summed E-state index contributed by atoms with van der Waals surface area (Å²) in [5, 5.41) is 27.3. The van der Waals surface area contributed by atoms with Crippen LogP contribution in [0.2, 0.25) is 0 Å². The molecule has 15 heteroatoms. The van der Waals surface area contributed by atoms with Crippen molar-refractivity contribution in [2.45, 2.75) is 63.9 Å². The molecule has 1 aliphatic heterocycles. The van der Waals surface area contributed by atoms with Gasteiger partial charge in [-0.2, -0.15) is 0 Å². The highest BCUT2D eigenvalue weighted by Gasteiger charge is 2.54. The zero-order valence-corrected chi connectivity index (χ0v) is 25.9. The van der Waals surface area contributed by atoms with Crippen molar-refractivity contribution in [1.29, 1.82) is 0 Å². The number of rotatable bonds is 11. The smallest absolute Gasteiger partial charge is 0.323 e. The number of hydrogen-bond acceptors (Lipinski definition) is 13. The molecule has 5 rings (SSSR count). The summed E-state index contributed by atoms with van der Waals surface area (Å²) in [6.45, 7) is 3.20. The minimum atomic E-state index is -3.23. The van der Waals surface area contributed by atoms with E-state index in [1.807, 2.05) is 36.4 Å². The third kappa shape index (κ3) is 6.50. The first kappa shape index (κ1) is 31.2. The number of aromatic nitrogens is 4. The molecule has 1 saturated heterocycles. The number of nitrogens with two attached hydrogens (primary N) is 1. The molecule has 13 nitrogen and oxygen atoms in total. The van der Waals surface area contributed by atoms with Crippen molar-refractivity contribution < 1.29 is 33.5 Å². The van der Waals surface area contributed by atoms with Gasteiger partial charge < -0.3 is 34.5 Å². The second-order valence-corrected chi connectivity index (χ2v) is 14.5. The van der Waals surface area contributed by atoms with Gasteiger partial charge in [-0.1, -0.05) is 36.4 Å². The summed E-state index contributed by atoms with van der Waals surface area (Å²) in [6.07, 6.45) is -1.02. The summed E-state index contributed by atoms with van der Waals surface area (Å²) < 4.78 is 25.5. The number of nitrogens with zero attached hydrogens (tertiary/aromatic N) is 4. The monoisotopic (exact) mass is 630 g/mol. The molecule has 0 amide bonds. The number of ether oxygens (including phenoxy) is 2. The Morgan fingerprint density at radius 2 is 1.95 bits per heavy atom. The predicted octanol–water partition coefficient (Wildman–Crippen LogP) is 2.86. The highest BCUT2D eigenvalue weighted by Crippen LogP contribution is 2.50. The summed E-state index contributed by atoms with van der Waals surface area (Å²) in [5.41, 5.74) is 4.84. The average Bonchev–Trinajstić information content (AvgIpc) is 3.49. The van der Waals surface area contributed by atoms with E-state index in [-0.39, 0.29) is 24.8 Å². The van der Waals surface area contributed by atoms with Crippen molar-refractivity contribution in [3.63, 3.8) is 0 Å². The van der Waals surface area contributed by atoms with Crippen LogP contribution in [0.3, 0.4) is 0 Å². The molecule has 230 valence electrons. The Balaban J connectivity index is 1.38. The van der Waals surface area contributed by atoms with E-state index in [2.05, 4.69) is 20.3 Å². The fourth-order valence-corrected chi connectivity index (χ4v) is 6.99. The fraction of sp³-hybridized carbons (Fsp3) is 0.429. The van der Waals surface area contributed by atoms with E-state index < -0.39 is 42.5 Å². The van der Waals surface area contributed by atoms with Crippen LogP contribution in [0, 0.1) is 0 Å². The number of benzene rings is 2. The van der Waals surface area contributed by atoms with E-state index in [4.69, 9.17) is 36.1 Å². The van der Waals surface area contributed by atoms with Crippen LogP contribution in [-0.4, -0.2) is 78.5 Å². The molecule has 0 saturated carbocycles. The lowest BCUT2D eigenvalue weighted by atomic mass is 9.96. The number of hydrogen-bond donors (Lipinski definition) is 4. The van der Waals surface area contributed by atoms with E-state index >= 15 is 0 Å². The van der Waals surface area contributed by atoms with Gasteiger partial charge in [0.15, 0.2) is 17.7 Å². The number of aliphatic hydroxyl groups excluding tert-OH is 1. The number of esters is 1. The standard InChI is InChI=1S/C28H35N6O7PS/c1-16(2)39-26(36)17(3)33-15-42(43,41-20-11-7-9-18-8-5-6-10-19(18)20)38-12-21-23(35)28(4,37)27(40-21)34-14-32-22-24(29)30-13-31-25(22)34/h5-11,13-14,16-17,21,23,27,33,35,37H,12,15H2,1-4H3,(H2,29,30,31)/t17-,21+,23+,27+,28+,42?/m0/s1. The van der Waals surface area contributed by atoms with Crippen molar-refractivity contribution in [2.24, 2.45) is 0 Å². The van der Waals surface area contributed by atoms with Crippen molar-refractivity contribution in [2.75, 3.05) is 18.6 Å². The quantitative estimate of drug-likeness (QED) is 0.141. The molecule has 1 fully saturated rings. The Bertz CT molecular complexity index is 1660. The lowest BCUT2D eigenvalue weighted by Crippen LogP contribution is -2.44. The maximum atomic E-state index is 12.5. The maximum absolute atomic E-state index is 12.5. The first-order valence-electron chi connectivity index (χ1n) is 13.7. The van der Waals surface area contributed by atoms with Gasteiger partial charge in [0.2, 0.25) is 0 Å². The molecule has 0 radical (unpaired) electrons. The molecule has 0 aliphatic carbocycles. The number of aliphatic hydroxyl groups is 2. The Morgan fingerprint density at radius 1 is 1.21 bits per heavy atom. The fourth-order valence-electron chi connectivity index (χ4n) is 4.80. The molecule has 1 unspecified atom stereocenters. The normalized spacial score (nSPS) is 24.3. The minimum absolute atomic E-state index is 0.00487. The van der Waals surface area contributed by atoms with Gasteiger partial charge in [-0.3, -0.25) is 14.7 Å². The molecule has 4 aromatic rings. The summed E-state index contributed by atoms with van der Waals surface area (Å²) in [4.78, 5) is 24.9. The van der Waals surface area contributed by atoms with Gasteiger partial charge in [0.1, 0.15) is 41.4 Å². The first-order valence-corrected chi connectivity index (χ1v) is 16.6. The summed E-state index contributed by atoms with van der Waals surface area (Å²) in [5.74, 6) is 0.250. The molecule has 2 aromatic heterocycles. The second-order valence-electron chi connectivity index (χ2n) is 10.8. The van der Waals surface area contributed by atoms with Crippen LogP contribution < -0.4 is 15.6 Å². The molecular weight excluding hydrogens is 595 g/mol. The Morgan fingerprint density at radius 3 is 2.72 bits per heavy atom. The maximum Gasteiger partial charge on any atom is 0.323 e. The lowest BCUT2D eigenvalue weighted by molar-refractivity contribution is -0.149. The zero-order chi connectivity index (χ0) is 30.9. The number of carbonyl (C=O) groups excluding carboxylic acids is 1. The number of fused-ring (bicyclic) bond motifs is 2. The van der Waals surface area contributed by atoms with Crippen molar-refractivity contribution in [3.8, 4) is 5.75 Å². The van der Waals surface area contributed by atoms with Crippen LogP contribution in [0.25, 0.3) is 21.9 Å². The van der Waals surface area contributed by atoms with Crippen LogP contribution in [-0.2, 0) is 30.6 Å². The molecule has 43 heavy (non-hydrogen) atoms. The van der Waals surface area contributed by atoms with Crippen LogP contribution in [0.5, 0.6) is 5.75 Å². The van der Waals surface area contributed by atoms with Gasteiger partial charge in [-0.25, -0.2) is 15.0 Å². The van der Waals surface area contributed by atoms with Crippen LogP contribution in [0.1, 0.15) is 33.9 Å². The van der Waals surface area contributed by atoms with Gasteiger partial charge >= 0.3 is 5.97 Å². The molecule has 0 bridgehead atoms. The van der Waals surface area contributed by atoms with Gasteiger partial charge in [-0.15, -0.1) is 0 Å². The third-order valence-electron chi connectivity index (χ3n) is 7.11. The Labute approximate surface area is 253 Å². The van der Waals surface area contributed by atoms with E-state index in [1.165, 1.54) is 24.1 Å². The van der Waals surface area contributed by atoms with Crippen LogP contribution in [0.15, 0.2) is 55.1 Å². The van der Waals surface area contributed by atoms with Gasteiger partial charge in [-0.05, 0) is 51.0 Å². The molecule has 2 aromatic carbocycles. The SMILES string of the molecule is CC(C)OC(=O)[C@H](C)NCP(=S)(OC[C@H]1O[C@@H](n2cnc3c(N)ncnc32)[C@](C)(O)[C@@H]1O)Oc1cccc2ccccc12. The number of imidazole rings is 1. The summed E-state index contributed by atoms with van der Waals surface area (Å²) in [6, 6.07) is 12.6. The van der Waals surface area contributed by atoms with Crippen LogP contribution in [0.4, 0.5) is 5.82 Å². The van der Waals surface area contributed by atoms with Gasteiger partial charge in [0.05, 0.1) is 25.3 Å². The predicted molar refractivity (Wildman–Crippen MR) is 164 cm³/mol.